The van der Waals surface area contributed by atoms with Crippen LogP contribution in [0.2, 0.25) is 0 Å². The van der Waals surface area contributed by atoms with E-state index in [-0.39, 0.29) is 6.42 Å². The summed E-state index contributed by atoms with van der Waals surface area (Å²) in [5.74, 6) is -0.713. The number of ether oxygens (including phenoxy) is 2. The third-order valence-electron chi connectivity index (χ3n) is 10.8. The summed E-state index contributed by atoms with van der Waals surface area (Å²) in [5.41, 5.74) is 0. The molecule has 0 aromatic heterocycles. The van der Waals surface area contributed by atoms with E-state index in [2.05, 4.69) is 35.5 Å². The lowest BCUT2D eigenvalue weighted by Gasteiger charge is -2.41. The molecule has 13 nitrogen and oxygen atoms in total. The van der Waals surface area contributed by atoms with Gasteiger partial charge in [0, 0.05) is 0 Å². The van der Waals surface area contributed by atoms with Crippen molar-refractivity contribution >= 4 is 16.3 Å². The van der Waals surface area contributed by atoms with Crippen LogP contribution in [0.3, 0.4) is 0 Å². The predicted molar refractivity (Wildman–Crippen MR) is 228 cm³/mol. The smallest absolute Gasteiger partial charge is 0.394 e. The zero-order chi connectivity index (χ0) is 42.9. The van der Waals surface area contributed by atoms with E-state index < -0.39 is 78.5 Å². The maximum atomic E-state index is 13.1. The van der Waals surface area contributed by atoms with Crippen LogP contribution >= 0.6 is 0 Å². The molecule has 1 saturated heterocycles. The Hall–Kier alpha value is -1.46. The largest absolute Gasteiger partial charge is 0.397 e. The molecule has 342 valence electrons. The number of unbranched alkanes of at least 4 members (excludes halogenated alkanes) is 23. The molecule has 0 saturated carbocycles. The van der Waals surface area contributed by atoms with Crippen molar-refractivity contribution in [3.8, 4) is 0 Å². The molecule has 14 heteroatoms. The topological polar surface area (TPSA) is 212 Å². The maximum Gasteiger partial charge on any atom is 0.397 e. The summed E-state index contributed by atoms with van der Waals surface area (Å²) in [6, 6.07) is -1.12. The minimum atomic E-state index is -5.12. The summed E-state index contributed by atoms with van der Waals surface area (Å²) in [5, 5.41) is 55.1. The van der Waals surface area contributed by atoms with Crippen LogP contribution in [-0.2, 0) is 28.9 Å². The lowest BCUT2D eigenvalue weighted by molar-refractivity contribution is -0.298. The summed E-state index contributed by atoms with van der Waals surface area (Å²) < 4.78 is 47.4. The van der Waals surface area contributed by atoms with Gasteiger partial charge in [-0.05, 0) is 44.9 Å². The average Bonchev–Trinajstić information content (AvgIpc) is 3.19. The van der Waals surface area contributed by atoms with Crippen molar-refractivity contribution in [1.29, 1.82) is 0 Å². The first kappa shape index (κ1) is 54.6. The van der Waals surface area contributed by atoms with Crippen LogP contribution in [0.25, 0.3) is 0 Å². The van der Waals surface area contributed by atoms with Crippen molar-refractivity contribution in [1.82, 2.24) is 5.32 Å². The third kappa shape index (κ3) is 27.4. The molecule has 0 aliphatic carbocycles. The van der Waals surface area contributed by atoms with Gasteiger partial charge in [-0.1, -0.05) is 167 Å². The quantitative estimate of drug-likeness (QED) is 0.0183. The van der Waals surface area contributed by atoms with Gasteiger partial charge in [-0.15, -0.1) is 0 Å². The van der Waals surface area contributed by atoms with E-state index in [0.29, 0.717) is 12.8 Å². The standard InChI is InChI=1S/C44H83NO12S/c1-3-5-7-9-11-13-15-16-17-18-19-20-21-23-24-26-28-30-32-37(47)36(35-55-44-41(50)42(57-58(52,53)54)40(49)39(34-46)56-44)45-43(51)38(48)33-31-29-27-25-22-14-12-10-8-6-4-2/h12,14,30,32,36-42,44,46-50H,3-11,13,15-29,31,33-35H2,1-2H3,(H,45,51)(H,52,53,54)/b14-12-,32-30+. The van der Waals surface area contributed by atoms with Crippen LogP contribution in [0.1, 0.15) is 187 Å². The highest BCUT2D eigenvalue weighted by molar-refractivity contribution is 7.80. The number of hydrogen-bond donors (Lipinski definition) is 7. The van der Waals surface area contributed by atoms with Crippen molar-refractivity contribution in [2.24, 2.45) is 0 Å². The molecule has 1 aliphatic rings. The number of aliphatic hydroxyl groups is 5. The van der Waals surface area contributed by atoms with Gasteiger partial charge in [-0.25, -0.2) is 4.18 Å². The Morgan fingerprint density at radius 3 is 1.64 bits per heavy atom. The van der Waals surface area contributed by atoms with Gasteiger partial charge >= 0.3 is 10.4 Å². The van der Waals surface area contributed by atoms with E-state index in [0.717, 1.165) is 51.4 Å². The van der Waals surface area contributed by atoms with Gasteiger partial charge < -0.3 is 40.3 Å². The molecule has 0 aromatic carbocycles. The molecule has 58 heavy (non-hydrogen) atoms. The predicted octanol–water partition coefficient (Wildman–Crippen LogP) is 7.52. The lowest BCUT2D eigenvalue weighted by Crippen LogP contribution is -2.61. The number of rotatable bonds is 38. The second-order valence-electron chi connectivity index (χ2n) is 16.1. The first-order valence-corrected chi connectivity index (χ1v) is 24.2. The van der Waals surface area contributed by atoms with Gasteiger partial charge in [0.1, 0.15) is 30.5 Å². The Morgan fingerprint density at radius 1 is 0.690 bits per heavy atom. The van der Waals surface area contributed by atoms with Gasteiger partial charge in [0.25, 0.3) is 0 Å². The Morgan fingerprint density at radius 2 is 1.14 bits per heavy atom. The molecule has 1 fully saturated rings. The van der Waals surface area contributed by atoms with Crippen LogP contribution in [0.4, 0.5) is 0 Å². The number of hydrogen-bond acceptors (Lipinski definition) is 11. The molecule has 0 bridgehead atoms. The van der Waals surface area contributed by atoms with E-state index in [4.69, 9.17) is 14.0 Å². The van der Waals surface area contributed by atoms with Crippen molar-refractivity contribution in [3.05, 3.63) is 24.3 Å². The molecular weight excluding hydrogens is 767 g/mol. The highest BCUT2D eigenvalue weighted by Gasteiger charge is 2.48. The molecule has 1 aliphatic heterocycles. The molecule has 1 amide bonds. The molecule has 0 radical (unpaired) electrons. The average molecular weight is 850 g/mol. The number of carbonyl (C=O) groups is 1. The Bertz CT molecular complexity index is 1160. The molecule has 7 N–H and O–H groups in total. The van der Waals surface area contributed by atoms with Crippen LogP contribution in [-0.4, -0.2) is 107 Å². The molecule has 8 unspecified atom stereocenters. The van der Waals surface area contributed by atoms with Crippen molar-refractivity contribution in [2.75, 3.05) is 13.2 Å². The molecular formula is C44H83NO12S. The zero-order valence-electron chi connectivity index (χ0n) is 36.0. The molecule has 1 heterocycles. The highest BCUT2D eigenvalue weighted by atomic mass is 32.3. The summed E-state index contributed by atoms with van der Waals surface area (Å²) in [6.07, 6.45) is 26.9. The summed E-state index contributed by atoms with van der Waals surface area (Å²) in [4.78, 5) is 13.1. The summed E-state index contributed by atoms with van der Waals surface area (Å²) in [6.45, 7) is 3.17. The van der Waals surface area contributed by atoms with Crippen LogP contribution in [0.15, 0.2) is 24.3 Å². The second-order valence-corrected chi connectivity index (χ2v) is 17.2. The SMILES string of the molecule is CCCCC/C=C\CCCCCCC(O)C(=O)NC(COC1OC(CO)C(O)C(OS(=O)(=O)O)C1O)C(O)/C=C/CCCCCCCCCCCCCCCCCC. The molecule has 1 rings (SSSR count). The minimum Gasteiger partial charge on any atom is -0.394 e. The van der Waals surface area contributed by atoms with E-state index in [9.17, 15) is 38.7 Å². The number of nitrogens with one attached hydrogen (secondary N) is 1. The maximum absolute atomic E-state index is 13.1. The van der Waals surface area contributed by atoms with E-state index in [1.807, 2.05) is 6.08 Å². The molecule has 0 aromatic rings. The fourth-order valence-electron chi connectivity index (χ4n) is 7.16. The highest BCUT2D eigenvalue weighted by Crippen LogP contribution is 2.26. The number of carbonyl (C=O) groups excluding carboxylic acids is 1. The number of aliphatic hydroxyl groups excluding tert-OH is 5. The summed E-state index contributed by atoms with van der Waals surface area (Å²) in [7, 11) is -5.12. The number of allylic oxidation sites excluding steroid dienone is 3. The molecule has 8 atom stereocenters. The third-order valence-corrected chi connectivity index (χ3v) is 11.3. The fourth-order valence-corrected chi connectivity index (χ4v) is 7.67. The monoisotopic (exact) mass is 850 g/mol. The fraction of sp³-hybridized carbons (Fsp3) is 0.886. The van der Waals surface area contributed by atoms with Gasteiger partial charge in [0.15, 0.2) is 6.29 Å². The zero-order valence-corrected chi connectivity index (χ0v) is 36.8. The molecule has 0 spiro atoms. The van der Waals surface area contributed by atoms with Crippen molar-refractivity contribution in [3.63, 3.8) is 0 Å². The first-order valence-electron chi connectivity index (χ1n) is 22.8. The normalized spacial score (nSPS) is 21.8. The Labute approximate surface area is 351 Å². The second kappa shape index (κ2) is 35.2. The van der Waals surface area contributed by atoms with Gasteiger partial charge in [-0.2, -0.15) is 8.42 Å². The van der Waals surface area contributed by atoms with E-state index >= 15 is 0 Å². The lowest BCUT2D eigenvalue weighted by atomic mass is 9.99. The minimum absolute atomic E-state index is 0.229. The van der Waals surface area contributed by atoms with E-state index in [1.54, 1.807) is 0 Å². The van der Waals surface area contributed by atoms with Crippen molar-refractivity contribution in [2.45, 2.75) is 236 Å². The van der Waals surface area contributed by atoms with Crippen LogP contribution in [0, 0.1) is 0 Å². The van der Waals surface area contributed by atoms with Gasteiger partial charge in [-0.3, -0.25) is 9.35 Å². The first-order chi connectivity index (χ1) is 27.9. The Balaban J connectivity index is 2.60. The van der Waals surface area contributed by atoms with Gasteiger partial charge in [0.05, 0.1) is 25.4 Å². The van der Waals surface area contributed by atoms with Crippen LogP contribution < -0.4 is 5.32 Å². The Kier molecular flexibility index (Phi) is 33.1. The van der Waals surface area contributed by atoms with Gasteiger partial charge in [0.2, 0.25) is 5.91 Å². The summed E-state index contributed by atoms with van der Waals surface area (Å²) >= 11 is 0. The van der Waals surface area contributed by atoms with Crippen molar-refractivity contribution < 1.29 is 57.0 Å². The van der Waals surface area contributed by atoms with Crippen LogP contribution in [0.5, 0.6) is 0 Å². The number of amides is 1. The van der Waals surface area contributed by atoms with E-state index in [1.165, 1.54) is 109 Å².